The van der Waals surface area contributed by atoms with Gasteiger partial charge in [0.05, 0.1) is 19.3 Å². The largest absolute Gasteiger partial charge is 0.493 e. The van der Waals surface area contributed by atoms with E-state index in [-0.39, 0.29) is 18.5 Å². The van der Waals surface area contributed by atoms with Gasteiger partial charge in [0.25, 0.3) is 5.91 Å². The molecule has 2 N–H and O–H groups in total. The maximum Gasteiger partial charge on any atom is 0.338 e. The van der Waals surface area contributed by atoms with Crippen molar-refractivity contribution < 1.29 is 33.0 Å². The summed E-state index contributed by atoms with van der Waals surface area (Å²) < 4.78 is 29.4. The van der Waals surface area contributed by atoms with Gasteiger partial charge in [0.1, 0.15) is 5.82 Å². The molecule has 9 heteroatoms. The number of methoxy groups -OCH3 is 1. The molecule has 0 aliphatic rings. The van der Waals surface area contributed by atoms with E-state index in [4.69, 9.17) is 19.9 Å². The topological polar surface area (TPSA) is 108 Å². The Morgan fingerprint density at radius 1 is 1.06 bits per heavy atom. The number of anilines is 1. The Morgan fingerprint density at radius 2 is 1.76 bits per heavy atom. The van der Waals surface area contributed by atoms with Gasteiger partial charge < -0.3 is 24.8 Å². The normalized spacial score (nSPS) is 10.6. The molecule has 178 valence electrons. The van der Waals surface area contributed by atoms with Crippen LogP contribution in [0.2, 0.25) is 0 Å². The lowest BCUT2D eigenvalue weighted by atomic mass is 10.1. The lowest BCUT2D eigenvalue weighted by molar-refractivity contribution is -0.121. The van der Waals surface area contributed by atoms with Crippen molar-refractivity contribution in [1.29, 1.82) is 0 Å². The second-order valence-corrected chi connectivity index (χ2v) is 7.71. The average molecular weight is 461 g/mol. The van der Waals surface area contributed by atoms with Gasteiger partial charge in [-0.2, -0.15) is 0 Å². The zero-order valence-electron chi connectivity index (χ0n) is 19.0. The Kier molecular flexibility index (Phi) is 9.65. The fraction of sp³-hybridized carbons (Fsp3) is 0.375. The number of halogens is 1. The molecule has 0 bridgehead atoms. The van der Waals surface area contributed by atoms with Gasteiger partial charge in [0.2, 0.25) is 5.91 Å². The summed E-state index contributed by atoms with van der Waals surface area (Å²) in [7, 11) is 1.46. The van der Waals surface area contributed by atoms with Gasteiger partial charge in [-0.15, -0.1) is 0 Å². The van der Waals surface area contributed by atoms with Gasteiger partial charge in [0, 0.05) is 18.7 Å². The maximum absolute atomic E-state index is 13.2. The van der Waals surface area contributed by atoms with Crippen molar-refractivity contribution in [3.05, 3.63) is 53.8 Å². The monoisotopic (exact) mass is 460 g/mol. The molecule has 2 amide bonds. The molecule has 2 rings (SSSR count). The molecule has 33 heavy (non-hydrogen) atoms. The van der Waals surface area contributed by atoms with Gasteiger partial charge in [-0.3, -0.25) is 9.59 Å². The predicted molar refractivity (Wildman–Crippen MR) is 121 cm³/mol. The average Bonchev–Trinajstić information content (AvgIpc) is 2.78. The number of hydrogen-bond acceptors (Lipinski definition) is 6. The van der Waals surface area contributed by atoms with Gasteiger partial charge >= 0.3 is 5.97 Å². The summed E-state index contributed by atoms with van der Waals surface area (Å²) in [4.78, 5) is 37.6. The number of carbonyl (C=O) groups excluding carboxylic acids is 3. The van der Waals surface area contributed by atoms with Crippen molar-refractivity contribution >= 4 is 23.5 Å². The molecule has 0 saturated heterocycles. The number of hydrogen-bond donors (Lipinski definition) is 1. The highest BCUT2D eigenvalue weighted by Crippen LogP contribution is 2.28. The Hall–Kier alpha value is -3.62. The van der Waals surface area contributed by atoms with Crippen LogP contribution in [-0.4, -0.2) is 44.7 Å². The number of benzene rings is 2. The first-order valence-electron chi connectivity index (χ1n) is 10.5. The van der Waals surface area contributed by atoms with Gasteiger partial charge in [-0.1, -0.05) is 13.8 Å². The standard InChI is InChI=1S/C24H29FN2O6/c1-16(2)11-13-32-20-9-4-17(14-21(20)31-3)24(30)33-15-23(29)27(12-10-22(26)28)19-7-5-18(25)6-8-19/h4-9,14,16H,10-13,15H2,1-3H3,(H2,26,28). The Bertz CT molecular complexity index is 962. The summed E-state index contributed by atoms with van der Waals surface area (Å²) in [6.45, 7) is 4.08. The highest BCUT2D eigenvalue weighted by Gasteiger charge is 2.20. The zero-order chi connectivity index (χ0) is 24.4. The molecule has 0 atom stereocenters. The third-order valence-electron chi connectivity index (χ3n) is 4.70. The molecule has 0 radical (unpaired) electrons. The maximum atomic E-state index is 13.2. The van der Waals surface area contributed by atoms with E-state index in [0.717, 1.165) is 6.42 Å². The number of rotatable bonds is 12. The molecule has 0 aliphatic heterocycles. The number of nitrogens with two attached hydrogens (primary N) is 1. The van der Waals surface area contributed by atoms with Crippen molar-refractivity contribution in [1.82, 2.24) is 0 Å². The first-order chi connectivity index (χ1) is 15.7. The first kappa shape index (κ1) is 25.6. The van der Waals surface area contributed by atoms with E-state index in [9.17, 15) is 18.8 Å². The first-order valence-corrected chi connectivity index (χ1v) is 10.5. The van der Waals surface area contributed by atoms with Crippen LogP contribution in [-0.2, 0) is 14.3 Å². The molecule has 0 aromatic heterocycles. The minimum Gasteiger partial charge on any atom is -0.493 e. The lowest BCUT2D eigenvalue weighted by Gasteiger charge is -2.22. The van der Waals surface area contributed by atoms with Gasteiger partial charge in [-0.05, 0) is 54.8 Å². The van der Waals surface area contributed by atoms with E-state index >= 15 is 0 Å². The molecule has 0 unspecified atom stereocenters. The Balaban J connectivity index is 2.05. The fourth-order valence-electron chi connectivity index (χ4n) is 2.85. The van der Waals surface area contributed by atoms with Crippen molar-refractivity contribution in [3.63, 3.8) is 0 Å². The lowest BCUT2D eigenvalue weighted by Crippen LogP contribution is -2.37. The van der Waals surface area contributed by atoms with Crippen LogP contribution >= 0.6 is 0 Å². The third kappa shape index (κ3) is 8.10. The molecule has 0 spiro atoms. The van der Waals surface area contributed by atoms with Crippen molar-refractivity contribution in [2.75, 3.05) is 31.8 Å². The van der Waals surface area contributed by atoms with Gasteiger partial charge in [0.15, 0.2) is 18.1 Å². The number of nitrogens with zero attached hydrogens (tertiary/aromatic N) is 1. The summed E-state index contributed by atoms with van der Waals surface area (Å²) >= 11 is 0. The van der Waals surface area contributed by atoms with E-state index in [1.165, 1.54) is 48.4 Å². The highest BCUT2D eigenvalue weighted by molar-refractivity contribution is 5.97. The second-order valence-electron chi connectivity index (χ2n) is 7.71. The Labute approximate surface area is 192 Å². The van der Waals surface area contributed by atoms with Crippen LogP contribution in [0.15, 0.2) is 42.5 Å². The smallest absolute Gasteiger partial charge is 0.338 e. The van der Waals surface area contributed by atoms with E-state index in [1.807, 2.05) is 0 Å². The van der Waals surface area contributed by atoms with Crippen LogP contribution in [0.3, 0.4) is 0 Å². The number of esters is 1. The number of amides is 2. The molecular weight excluding hydrogens is 431 g/mol. The summed E-state index contributed by atoms with van der Waals surface area (Å²) in [5.41, 5.74) is 5.71. The quantitative estimate of drug-likeness (QED) is 0.487. The van der Waals surface area contributed by atoms with Crippen molar-refractivity contribution in [2.24, 2.45) is 11.7 Å². The van der Waals surface area contributed by atoms with Crippen LogP contribution in [0.25, 0.3) is 0 Å². The zero-order valence-corrected chi connectivity index (χ0v) is 19.0. The Morgan fingerprint density at radius 3 is 2.36 bits per heavy atom. The summed E-state index contributed by atoms with van der Waals surface area (Å²) in [6, 6.07) is 9.74. The van der Waals surface area contributed by atoms with Crippen molar-refractivity contribution in [2.45, 2.75) is 26.7 Å². The summed E-state index contributed by atoms with van der Waals surface area (Å²) in [6.07, 6.45) is 0.766. The van der Waals surface area contributed by atoms with Crippen LogP contribution in [0.5, 0.6) is 11.5 Å². The van der Waals surface area contributed by atoms with Crippen LogP contribution < -0.4 is 20.1 Å². The molecule has 0 heterocycles. The number of carbonyl (C=O) groups is 3. The molecule has 0 fully saturated rings. The van der Waals surface area contributed by atoms with Crippen LogP contribution in [0.4, 0.5) is 10.1 Å². The minimum atomic E-state index is -0.732. The molecule has 8 nitrogen and oxygen atoms in total. The van der Waals surface area contributed by atoms with E-state index in [2.05, 4.69) is 13.8 Å². The van der Waals surface area contributed by atoms with E-state index in [0.29, 0.717) is 29.7 Å². The molecule has 2 aromatic carbocycles. The SMILES string of the molecule is COc1cc(C(=O)OCC(=O)N(CCC(N)=O)c2ccc(F)cc2)ccc1OCCC(C)C. The minimum absolute atomic E-state index is 0.0341. The van der Waals surface area contributed by atoms with Gasteiger partial charge in [-0.25, -0.2) is 9.18 Å². The van der Waals surface area contributed by atoms with E-state index in [1.54, 1.807) is 6.07 Å². The summed E-state index contributed by atoms with van der Waals surface area (Å²) in [5.74, 6) is -1.04. The highest BCUT2D eigenvalue weighted by atomic mass is 19.1. The molecule has 2 aromatic rings. The molecule has 0 aliphatic carbocycles. The predicted octanol–water partition coefficient (Wildman–Crippen LogP) is 3.32. The number of primary amides is 1. The fourth-order valence-corrected chi connectivity index (χ4v) is 2.85. The van der Waals surface area contributed by atoms with Crippen LogP contribution in [0, 0.1) is 11.7 Å². The molecular formula is C24H29FN2O6. The number of ether oxygens (including phenoxy) is 3. The second kappa shape index (κ2) is 12.4. The summed E-state index contributed by atoms with van der Waals surface area (Å²) in [5, 5.41) is 0. The third-order valence-corrected chi connectivity index (χ3v) is 4.70. The molecule has 0 saturated carbocycles. The van der Waals surface area contributed by atoms with Crippen LogP contribution in [0.1, 0.15) is 37.0 Å². The van der Waals surface area contributed by atoms with E-state index < -0.39 is 30.2 Å². The van der Waals surface area contributed by atoms with Crippen molar-refractivity contribution in [3.8, 4) is 11.5 Å².